The second-order valence-corrected chi connectivity index (χ2v) is 9.18. The molecular weight excluding hydrogens is 411 g/mol. The Bertz CT molecular complexity index is 1020. The van der Waals surface area contributed by atoms with Crippen LogP contribution in [0.4, 0.5) is 5.69 Å². The number of fused-ring (bicyclic) bond motifs is 1. The normalized spacial score (nSPS) is 15.6. The van der Waals surface area contributed by atoms with Gasteiger partial charge in [0.15, 0.2) is 0 Å². The average molecular weight is 422 g/mol. The molecule has 1 aromatic heterocycles. The fourth-order valence-corrected chi connectivity index (χ4v) is 5.29. The van der Waals surface area contributed by atoms with Crippen LogP contribution in [0.25, 0.3) is 10.2 Å². The van der Waals surface area contributed by atoms with Gasteiger partial charge in [-0.1, -0.05) is 40.9 Å². The van der Waals surface area contributed by atoms with Crippen molar-refractivity contribution >= 4 is 72.1 Å². The summed E-state index contributed by atoms with van der Waals surface area (Å²) in [6, 6.07) is 3.38. The van der Waals surface area contributed by atoms with E-state index in [1.807, 2.05) is 6.92 Å². The van der Waals surface area contributed by atoms with Crippen molar-refractivity contribution in [2.75, 3.05) is 4.72 Å². The number of thiazole rings is 1. The standard InChI is InChI=1S/C15H11Cl3N2O2S2/c1-8-19-15-12(23-8)6-5-11(14(15)18)20-24(21,22)13-7-9(16)3-2-4-10(13)17/h2,4-7,20H,3H2,1H3. The molecule has 1 aliphatic rings. The maximum Gasteiger partial charge on any atom is 0.263 e. The van der Waals surface area contributed by atoms with E-state index in [1.54, 1.807) is 18.2 Å². The number of sulfonamides is 1. The van der Waals surface area contributed by atoms with E-state index in [4.69, 9.17) is 34.8 Å². The summed E-state index contributed by atoms with van der Waals surface area (Å²) in [6.07, 6.45) is 4.96. The number of allylic oxidation sites excluding steroid dienone is 5. The maximum absolute atomic E-state index is 12.7. The Morgan fingerprint density at radius 1 is 1.25 bits per heavy atom. The van der Waals surface area contributed by atoms with E-state index in [9.17, 15) is 8.42 Å². The monoisotopic (exact) mass is 420 g/mol. The summed E-state index contributed by atoms with van der Waals surface area (Å²) in [6.45, 7) is 1.86. The number of nitrogens with one attached hydrogen (secondary N) is 1. The van der Waals surface area contributed by atoms with Crippen LogP contribution < -0.4 is 4.72 Å². The highest BCUT2D eigenvalue weighted by Crippen LogP contribution is 2.35. The third kappa shape index (κ3) is 3.48. The number of hydrogen-bond donors (Lipinski definition) is 1. The van der Waals surface area contributed by atoms with Crippen molar-refractivity contribution in [3.8, 4) is 0 Å². The molecule has 3 rings (SSSR count). The number of benzene rings is 1. The largest absolute Gasteiger partial charge is 0.278 e. The van der Waals surface area contributed by atoms with Gasteiger partial charge in [0.05, 0.1) is 25.4 Å². The molecule has 24 heavy (non-hydrogen) atoms. The van der Waals surface area contributed by atoms with E-state index in [0.717, 1.165) is 9.71 Å². The van der Waals surface area contributed by atoms with Gasteiger partial charge in [0.25, 0.3) is 10.0 Å². The van der Waals surface area contributed by atoms with Crippen molar-refractivity contribution in [3.63, 3.8) is 0 Å². The lowest BCUT2D eigenvalue weighted by molar-refractivity contribution is 0.607. The molecule has 2 aromatic rings. The third-order valence-electron chi connectivity index (χ3n) is 3.24. The summed E-state index contributed by atoms with van der Waals surface area (Å²) >= 11 is 19.9. The molecule has 4 nitrogen and oxygen atoms in total. The van der Waals surface area contributed by atoms with Crippen LogP contribution in [0.15, 0.2) is 45.3 Å². The van der Waals surface area contributed by atoms with Crippen LogP contribution in [0.5, 0.6) is 0 Å². The minimum Gasteiger partial charge on any atom is -0.278 e. The first-order chi connectivity index (χ1) is 11.3. The molecule has 0 radical (unpaired) electrons. The molecule has 0 fully saturated rings. The molecule has 9 heteroatoms. The van der Waals surface area contributed by atoms with Crippen molar-refractivity contribution in [1.82, 2.24) is 4.98 Å². The van der Waals surface area contributed by atoms with Crippen LogP contribution in [0.1, 0.15) is 11.4 Å². The Labute approximate surface area is 158 Å². The molecule has 0 amide bonds. The zero-order chi connectivity index (χ0) is 17.5. The molecule has 0 spiro atoms. The number of halogens is 3. The van der Waals surface area contributed by atoms with Gasteiger partial charge in [-0.25, -0.2) is 13.4 Å². The van der Waals surface area contributed by atoms with Gasteiger partial charge in [0.2, 0.25) is 0 Å². The van der Waals surface area contributed by atoms with Gasteiger partial charge in [0, 0.05) is 11.5 Å². The van der Waals surface area contributed by atoms with Crippen molar-refractivity contribution in [2.45, 2.75) is 13.3 Å². The fraction of sp³-hybridized carbons (Fsp3) is 0.133. The molecule has 0 saturated carbocycles. The molecule has 0 unspecified atom stereocenters. The molecule has 0 bridgehead atoms. The molecule has 0 aliphatic heterocycles. The number of anilines is 1. The second kappa shape index (κ2) is 6.69. The number of hydrogen-bond acceptors (Lipinski definition) is 4. The summed E-state index contributed by atoms with van der Waals surface area (Å²) < 4.78 is 28.7. The lowest BCUT2D eigenvalue weighted by Gasteiger charge is -2.11. The summed E-state index contributed by atoms with van der Waals surface area (Å²) in [5, 5.41) is 1.55. The molecule has 1 N–H and O–H groups in total. The highest BCUT2D eigenvalue weighted by Gasteiger charge is 2.22. The Morgan fingerprint density at radius 2 is 2.00 bits per heavy atom. The van der Waals surface area contributed by atoms with E-state index < -0.39 is 10.0 Å². The topological polar surface area (TPSA) is 59.1 Å². The van der Waals surface area contributed by atoms with Gasteiger partial charge in [-0.15, -0.1) is 11.3 Å². The SMILES string of the molecule is Cc1nc2c(Cl)c(NS(=O)(=O)C3=C(Cl)C=CCC(Cl)=C3)ccc2s1. The van der Waals surface area contributed by atoms with E-state index in [-0.39, 0.29) is 20.6 Å². The molecule has 1 aliphatic carbocycles. The lowest BCUT2D eigenvalue weighted by Crippen LogP contribution is -2.15. The fourth-order valence-electron chi connectivity index (χ4n) is 2.18. The highest BCUT2D eigenvalue weighted by molar-refractivity contribution is 7.96. The minimum absolute atomic E-state index is 0.0832. The zero-order valence-corrected chi connectivity index (χ0v) is 16.2. The Kier molecular flexibility index (Phi) is 4.95. The smallest absolute Gasteiger partial charge is 0.263 e. The first-order valence-corrected chi connectivity index (χ1v) is 10.2. The van der Waals surface area contributed by atoms with Gasteiger partial charge < -0.3 is 0 Å². The summed E-state index contributed by atoms with van der Waals surface area (Å²) in [5.74, 6) is 0. The minimum atomic E-state index is -3.95. The first kappa shape index (κ1) is 17.8. The van der Waals surface area contributed by atoms with Crippen LogP contribution >= 0.6 is 46.1 Å². The molecule has 126 valence electrons. The predicted octanol–water partition coefficient (Wildman–Crippen LogP) is 5.53. The Balaban J connectivity index is 2.05. The predicted molar refractivity (Wildman–Crippen MR) is 102 cm³/mol. The zero-order valence-electron chi connectivity index (χ0n) is 12.3. The number of aromatic nitrogens is 1. The second-order valence-electron chi connectivity index (χ2n) is 5.02. The summed E-state index contributed by atoms with van der Waals surface area (Å²) in [5.41, 5.74) is 0.804. The van der Waals surface area contributed by atoms with Crippen molar-refractivity contribution in [2.24, 2.45) is 0 Å². The average Bonchev–Trinajstić information content (AvgIpc) is 2.79. The molecule has 1 heterocycles. The van der Waals surface area contributed by atoms with Gasteiger partial charge in [-0.05, 0) is 31.2 Å². The van der Waals surface area contributed by atoms with Crippen molar-refractivity contribution in [1.29, 1.82) is 0 Å². The molecule has 0 atom stereocenters. The molecule has 1 aromatic carbocycles. The summed E-state index contributed by atoms with van der Waals surface area (Å²) in [4.78, 5) is 4.22. The number of aryl methyl sites for hydroxylation is 1. The van der Waals surface area contributed by atoms with Gasteiger partial charge in [-0.2, -0.15) is 0 Å². The third-order valence-corrected chi connectivity index (χ3v) is 6.67. The number of nitrogens with zero attached hydrogens (tertiary/aromatic N) is 1. The highest BCUT2D eigenvalue weighted by atomic mass is 35.5. The Morgan fingerprint density at radius 3 is 2.75 bits per heavy atom. The van der Waals surface area contributed by atoms with Gasteiger partial charge >= 0.3 is 0 Å². The van der Waals surface area contributed by atoms with E-state index in [2.05, 4.69) is 9.71 Å². The number of rotatable bonds is 3. The van der Waals surface area contributed by atoms with Crippen molar-refractivity contribution < 1.29 is 8.42 Å². The molecular formula is C15H11Cl3N2O2S2. The van der Waals surface area contributed by atoms with Crippen LogP contribution in [-0.2, 0) is 10.0 Å². The van der Waals surface area contributed by atoms with E-state index >= 15 is 0 Å². The van der Waals surface area contributed by atoms with Crippen LogP contribution in [0.2, 0.25) is 5.02 Å². The van der Waals surface area contributed by atoms with Crippen LogP contribution in [0, 0.1) is 6.92 Å². The van der Waals surface area contributed by atoms with E-state index in [1.165, 1.54) is 23.5 Å². The van der Waals surface area contributed by atoms with Gasteiger partial charge in [-0.3, -0.25) is 4.72 Å². The van der Waals surface area contributed by atoms with Gasteiger partial charge in [0.1, 0.15) is 10.4 Å². The van der Waals surface area contributed by atoms with Crippen molar-refractivity contribution in [3.05, 3.63) is 55.4 Å². The van der Waals surface area contributed by atoms with E-state index in [0.29, 0.717) is 17.0 Å². The molecule has 0 saturated heterocycles. The van der Waals surface area contributed by atoms with Crippen LogP contribution in [0.3, 0.4) is 0 Å². The quantitative estimate of drug-likeness (QED) is 0.708. The lowest BCUT2D eigenvalue weighted by atomic mass is 10.3. The van der Waals surface area contributed by atoms with Crippen LogP contribution in [-0.4, -0.2) is 13.4 Å². The maximum atomic E-state index is 12.7. The first-order valence-electron chi connectivity index (χ1n) is 6.79. The summed E-state index contributed by atoms with van der Waals surface area (Å²) in [7, 11) is -3.95. The Hall–Kier alpha value is -1.05.